The van der Waals surface area contributed by atoms with E-state index in [0.717, 1.165) is 6.42 Å². The minimum Gasteiger partial charge on any atom is -0.396 e. The predicted octanol–water partition coefficient (Wildman–Crippen LogP) is 2.26. The Labute approximate surface area is 76.0 Å². The smallest absolute Gasteiger partial charge is 0.130 e. The van der Waals surface area contributed by atoms with Crippen LogP contribution in [0.5, 0.6) is 0 Å². The molecular weight excluding hydrogens is 152 g/mol. The summed E-state index contributed by atoms with van der Waals surface area (Å²) in [4.78, 5) is 10.3. The Morgan fingerprint density at radius 2 is 1.50 bits per heavy atom. The van der Waals surface area contributed by atoms with Gasteiger partial charge in [0.15, 0.2) is 0 Å². The van der Waals surface area contributed by atoms with E-state index in [-0.39, 0.29) is 5.78 Å². The first-order chi connectivity index (χ1) is 5.40. The molecule has 0 aliphatic rings. The van der Waals surface area contributed by atoms with Crippen LogP contribution in [0.4, 0.5) is 0 Å². The highest BCUT2D eigenvalue weighted by Crippen LogP contribution is 1.97. The Kier molecular flexibility index (Phi) is 10.3. The van der Waals surface area contributed by atoms with Gasteiger partial charge >= 0.3 is 0 Å². The van der Waals surface area contributed by atoms with Crippen LogP contribution in [0.2, 0.25) is 0 Å². The lowest BCUT2D eigenvalue weighted by Gasteiger charge is -1.95. The van der Waals surface area contributed by atoms with Gasteiger partial charge in [-0.1, -0.05) is 27.7 Å². The summed E-state index contributed by atoms with van der Waals surface area (Å²) in [6.45, 7) is 9.96. The predicted molar refractivity (Wildman–Crippen MR) is 52.1 cm³/mol. The first kappa shape index (κ1) is 14.2. The Morgan fingerprint density at radius 1 is 1.17 bits per heavy atom. The van der Waals surface area contributed by atoms with Gasteiger partial charge in [0.2, 0.25) is 0 Å². The van der Waals surface area contributed by atoms with Crippen molar-refractivity contribution in [1.29, 1.82) is 0 Å². The van der Waals surface area contributed by atoms with Crippen molar-refractivity contribution in [2.24, 2.45) is 11.8 Å². The highest BCUT2D eigenvalue weighted by molar-refractivity contribution is 5.75. The molecule has 0 aromatic heterocycles. The summed E-state index contributed by atoms with van der Waals surface area (Å²) < 4.78 is 0. The van der Waals surface area contributed by atoms with Crippen molar-refractivity contribution in [3.05, 3.63) is 0 Å². The maximum Gasteiger partial charge on any atom is 0.130 e. The minimum atomic E-state index is 0.287. The number of hydrogen-bond donors (Lipinski definition) is 1. The number of ketones is 1. The monoisotopic (exact) mass is 174 g/mol. The zero-order valence-electron chi connectivity index (χ0n) is 8.92. The van der Waals surface area contributed by atoms with Gasteiger partial charge in [0.1, 0.15) is 5.78 Å². The van der Waals surface area contributed by atoms with Crippen LogP contribution < -0.4 is 0 Å². The summed E-state index contributed by atoms with van der Waals surface area (Å²) in [5.74, 6) is 1.25. The average molecular weight is 174 g/mol. The Morgan fingerprint density at radius 3 is 1.50 bits per heavy atom. The van der Waals surface area contributed by atoms with Gasteiger partial charge in [0, 0.05) is 13.0 Å². The molecule has 2 heteroatoms. The molecule has 0 aromatic carbocycles. The van der Waals surface area contributed by atoms with Crippen LogP contribution in [0.15, 0.2) is 0 Å². The van der Waals surface area contributed by atoms with Crippen LogP contribution in [0.3, 0.4) is 0 Å². The van der Waals surface area contributed by atoms with Crippen LogP contribution >= 0.6 is 0 Å². The van der Waals surface area contributed by atoms with Gasteiger partial charge < -0.3 is 9.90 Å². The number of rotatable bonds is 3. The van der Waals surface area contributed by atoms with E-state index in [2.05, 4.69) is 0 Å². The van der Waals surface area contributed by atoms with E-state index in [1.165, 1.54) is 0 Å². The van der Waals surface area contributed by atoms with Crippen molar-refractivity contribution in [1.82, 2.24) is 0 Å². The lowest BCUT2D eigenvalue weighted by Crippen LogP contribution is -1.95. The quantitative estimate of drug-likeness (QED) is 0.712. The van der Waals surface area contributed by atoms with Crippen LogP contribution in [0.1, 0.15) is 41.0 Å². The van der Waals surface area contributed by atoms with E-state index in [0.29, 0.717) is 18.4 Å². The van der Waals surface area contributed by atoms with Gasteiger partial charge in [-0.25, -0.2) is 0 Å². The van der Waals surface area contributed by atoms with E-state index in [1.54, 1.807) is 6.92 Å². The summed E-state index contributed by atoms with van der Waals surface area (Å²) in [6.07, 6.45) is 0.722. The fraction of sp³-hybridized carbons (Fsp3) is 0.900. The molecule has 0 bridgehead atoms. The van der Waals surface area contributed by atoms with Crippen molar-refractivity contribution in [3.63, 3.8) is 0 Å². The number of aliphatic hydroxyl groups excluding tert-OH is 1. The molecule has 12 heavy (non-hydrogen) atoms. The highest BCUT2D eigenvalue weighted by atomic mass is 16.3. The molecule has 0 aliphatic carbocycles. The highest BCUT2D eigenvalue weighted by Gasteiger charge is 1.95. The van der Waals surface area contributed by atoms with E-state index >= 15 is 0 Å². The maximum absolute atomic E-state index is 10.3. The van der Waals surface area contributed by atoms with Crippen LogP contribution in [-0.2, 0) is 4.79 Å². The summed E-state index contributed by atoms with van der Waals surface area (Å²) in [5.41, 5.74) is 0. The van der Waals surface area contributed by atoms with Crippen molar-refractivity contribution < 1.29 is 9.90 Å². The van der Waals surface area contributed by atoms with E-state index in [9.17, 15) is 4.79 Å². The van der Waals surface area contributed by atoms with E-state index in [4.69, 9.17) is 5.11 Å². The zero-order chi connectivity index (χ0) is 10.1. The van der Waals surface area contributed by atoms with Crippen molar-refractivity contribution >= 4 is 5.78 Å². The van der Waals surface area contributed by atoms with E-state index in [1.807, 2.05) is 27.7 Å². The number of carbonyl (C=O) groups excluding carboxylic acids is 1. The molecule has 74 valence electrons. The number of carbonyl (C=O) groups is 1. The lowest BCUT2D eigenvalue weighted by atomic mass is 10.1. The number of Topliss-reactive ketones (excluding diaryl/α,β-unsaturated/α-hetero) is 1. The van der Waals surface area contributed by atoms with Crippen molar-refractivity contribution in [3.8, 4) is 0 Å². The molecule has 0 unspecified atom stereocenters. The molecule has 0 spiro atoms. The molecule has 0 saturated carbocycles. The molecule has 0 aromatic rings. The van der Waals surface area contributed by atoms with Gasteiger partial charge in [-0.05, 0) is 18.8 Å². The fourth-order valence-electron chi connectivity index (χ4n) is 0.575. The van der Waals surface area contributed by atoms with Gasteiger partial charge in [-0.15, -0.1) is 0 Å². The van der Waals surface area contributed by atoms with E-state index < -0.39 is 0 Å². The molecule has 0 rings (SSSR count). The minimum absolute atomic E-state index is 0.287. The van der Waals surface area contributed by atoms with Crippen molar-refractivity contribution in [2.75, 3.05) is 6.61 Å². The second-order valence-corrected chi connectivity index (χ2v) is 3.88. The third-order valence-corrected chi connectivity index (χ3v) is 1.06. The SMILES string of the molecule is CC(=O)CC(C)C.CC(C)CO. The van der Waals surface area contributed by atoms with Crippen LogP contribution in [-0.4, -0.2) is 17.5 Å². The molecule has 0 amide bonds. The fourth-order valence-corrected chi connectivity index (χ4v) is 0.575. The van der Waals surface area contributed by atoms with Gasteiger partial charge in [-0.2, -0.15) is 0 Å². The zero-order valence-corrected chi connectivity index (χ0v) is 8.92. The summed E-state index contributed by atoms with van der Waals surface area (Å²) >= 11 is 0. The molecule has 0 radical (unpaired) electrons. The molecule has 0 saturated heterocycles. The summed E-state index contributed by atoms with van der Waals surface area (Å²) in [5, 5.41) is 8.14. The van der Waals surface area contributed by atoms with Crippen molar-refractivity contribution in [2.45, 2.75) is 41.0 Å². The third kappa shape index (κ3) is 22.6. The molecule has 2 nitrogen and oxygen atoms in total. The van der Waals surface area contributed by atoms with Gasteiger partial charge in [-0.3, -0.25) is 0 Å². The third-order valence-electron chi connectivity index (χ3n) is 1.06. The Balaban J connectivity index is 0. The Hall–Kier alpha value is -0.370. The molecule has 0 aliphatic heterocycles. The Bertz CT molecular complexity index is 106. The molecule has 0 atom stereocenters. The second-order valence-electron chi connectivity index (χ2n) is 3.88. The largest absolute Gasteiger partial charge is 0.396 e. The topological polar surface area (TPSA) is 37.3 Å². The van der Waals surface area contributed by atoms with Gasteiger partial charge in [0.05, 0.1) is 0 Å². The lowest BCUT2D eigenvalue weighted by molar-refractivity contribution is -0.117. The normalized spacial score (nSPS) is 9.67. The molecular formula is C10H22O2. The van der Waals surface area contributed by atoms with Gasteiger partial charge in [0.25, 0.3) is 0 Å². The molecule has 0 fully saturated rings. The molecule has 1 N–H and O–H groups in total. The van der Waals surface area contributed by atoms with Crippen LogP contribution in [0, 0.1) is 11.8 Å². The summed E-state index contributed by atoms with van der Waals surface area (Å²) in [7, 11) is 0. The second kappa shape index (κ2) is 8.72. The first-order valence-corrected chi connectivity index (χ1v) is 4.50. The van der Waals surface area contributed by atoms with Crippen LogP contribution in [0.25, 0.3) is 0 Å². The maximum atomic E-state index is 10.3. The number of hydrogen-bond acceptors (Lipinski definition) is 2. The standard InChI is InChI=1S/C6H12O.C4H10O/c1-5(2)4-6(3)7;1-4(2)3-5/h5H,4H2,1-3H3;4-5H,3H2,1-2H3. The average Bonchev–Trinajstić information content (AvgIpc) is 1.85. The first-order valence-electron chi connectivity index (χ1n) is 4.50. The summed E-state index contributed by atoms with van der Waals surface area (Å²) in [6, 6.07) is 0. The molecule has 0 heterocycles. The number of aliphatic hydroxyl groups is 1.